The number of amides is 1. The van der Waals surface area contributed by atoms with Gasteiger partial charge in [-0.15, -0.1) is 0 Å². The van der Waals surface area contributed by atoms with Gasteiger partial charge in [-0.25, -0.2) is 0 Å². The molecule has 0 unspecified atom stereocenters. The van der Waals surface area contributed by atoms with Crippen LogP contribution in [0.5, 0.6) is 0 Å². The van der Waals surface area contributed by atoms with E-state index in [-0.39, 0.29) is 5.91 Å². The minimum atomic E-state index is 0.0229. The first-order valence-corrected chi connectivity index (χ1v) is 6.20. The monoisotopic (exact) mass is 323 g/mol. The lowest BCUT2D eigenvalue weighted by Crippen LogP contribution is -2.26. The largest absolute Gasteiger partial charge is 0.355 e. The van der Waals surface area contributed by atoms with Crippen LogP contribution in [0.25, 0.3) is 0 Å². The van der Waals surface area contributed by atoms with E-state index in [4.69, 9.17) is 11.6 Å². The third-order valence-corrected chi connectivity index (χ3v) is 2.63. The summed E-state index contributed by atoms with van der Waals surface area (Å²) in [5.41, 5.74) is 0.875. The standard InChI is InChI=1S/C10H11ClINO/c11-9-4-2-1-3-8(9)7-10(14)13-6-5-12/h1-4H,5-7H2,(H,13,14). The van der Waals surface area contributed by atoms with Crippen molar-refractivity contribution in [3.05, 3.63) is 34.9 Å². The minimum Gasteiger partial charge on any atom is -0.355 e. The van der Waals surface area contributed by atoms with E-state index in [2.05, 4.69) is 27.9 Å². The van der Waals surface area contributed by atoms with Crippen molar-refractivity contribution in [2.24, 2.45) is 0 Å². The number of nitrogens with one attached hydrogen (secondary N) is 1. The molecule has 2 nitrogen and oxygen atoms in total. The van der Waals surface area contributed by atoms with Crippen LogP contribution in [-0.4, -0.2) is 16.9 Å². The third kappa shape index (κ3) is 3.84. The average molecular weight is 324 g/mol. The van der Waals surface area contributed by atoms with Crippen LogP contribution in [0.3, 0.4) is 0 Å². The van der Waals surface area contributed by atoms with Crippen LogP contribution >= 0.6 is 34.2 Å². The number of hydrogen-bond donors (Lipinski definition) is 1. The van der Waals surface area contributed by atoms with Crippen molar-refractivity contribution in [1.29, 1.82) is 0 Å². The molecule has 0 spiro atoms. The van der Waals surface area contributed by atoms with Gasteiger partial charge >= 0.3 is 0 Å². The molecule has 0 fully saturated rings. The molecule has 0 saturated carbocycles. The zero-order valence-corrected chi connectivity index (χ0v) is 10.5. The molecule has 0 saturated heterocycles. The molecule has 1 amide bonds. The van der Waals surface area contributed by atoms with Gasteiger partial charge in [-0.3, -0.25) is 4.79 Å². The molecule has 0 bridgehead atoms. The molecule has 1 N–H and O–H groups in total. The third-order valence-electron chi connectivity index (χ3n) is 1.73. The highest BCUT2D eigenvalue weighted by Crippen LogP contribution is 2.14. The predicted molar refractivity (Wildman–Crippen MR) is 67.1 cm³/mol. The fourth-order valence-corrected chi connectivity index (χ4v) is 1.54. The number of halogens is 2. The lowest BCUT2D eigenvalue weighted by Gasteiger charge is -2.04. The second kappa shape index (κ2) is 6.24. The van der Waals surface area contributed by atoms with Crippen molar-refractivity contribution < 1.29 is 4.79 Å². The molecule has 0 heterocycles. The highest BCUT2D eigenvalue weighted by atomic mass is 127. The summed E-state index contributed by atoms with van der Waals surface area (Å²) in [5, 5.41) is 3.45. The first-order chi connectivity index (χ1) is 6.74. The summed E-state index contributed by atoms with van der Waals surface area (Å²) in [7, 11) is 0. The lowest BCUT2D eigenvalue weighted by molar-refractivity contribution is -0.120. The molecule has 0 aliphatic heterocycles. The van der Waals surface area contributed by atoms with E-state index in [1.54, 1.807) is 6.07 Å². The molecule has 1 rings (SSSR count). The summed E-state index contributed by atoms with van der Waals surface area (Å²) in [6, 6.07) is 7.40. The van der Waals surface area contributed by atoms with Gasteiger partial charge in [0.15, 0.2) is 0 Å². The Labute approximate surface area is 102 Å². The molecule has 0 aliphatic carbocycles. The van der Waals surface area contributed by atoms with Gasteiger partial charge in [-0.1, -0.05) is 52.4 Å². The summed E-state index contributed by atoms with van der Waals surface area (Å²) in [5.74, 6) is 0.0229. The Morgan fingerprint density at radius 3 is 2.79 bits per heavy atom. The van der Waals surface area contributed by atoms with Crippen LogP contribution in [0, 0.1) is 0 Å². The molecule has 14 heavy (non-hydrogen) atoms. The number of carbonyl (C=O) groups excluding carboxylic acids is 1. The van der Waals surface area contributed by atoms with E-state index in [9.17, 15) is 4.79 Å². The van der Waals surface area contributed by atoms with Gasteiger partial charge in [0.25, 0.3) is 0 Å². The van der Waals surface area contributed by atoms with Crippen LogP contribution in [0.2, 0.25) is 5.02 Å². The molecule has 1 aromatic rings. The maximum Gasteiger partial charge on any atom is 0.224 e. The molecular weight excluding hydrogens is 312 g/mol. The molecule has 76 valence electrons. The van der Waals surface area contributed by atoms with Crippen molar-refractivity contribution in [2.75, 3.05) is 11.0 Å². The van der Waals surface area contributed by atoms with Gasteiger partial charge in [-0.2, -0.15) is 0 Å². The second-order valence-electron chi connectivity index (χ2n) is 2.81. The van der Waals surface area contributed by atoms with E-state index < -0.39 is 0 Å². The quantitative estimate of drug-likeness (QED) is 0.669. The Balaban J connectivity index is 2.52. The molecule has 0 aliphatic rings. The Bertz CT molecular complexity index is 317. The summed E-state index contributed by atoms with van der Waals surface area (Å²) in [4.78, 5) is 11.4. The van der Waals surface area contributed by atoms with Gasteiger partial charge in [-0.05, 0) is 11.6 Å². The Hall–Kier alpha value is -0.290. The molecular formula is C10H11ClINO. The fraction of sp³-hybridized carbons (Fsp3) is 0.300. The van der Waals surface area contributed by atoms with E-state index in [0.717, 1.165) is 9.99 Å². The van der Waals surface area contributed by atoms with Gasteiger partial charge in [0.1, 0.15) is 0 Å². The van der Waals surface area contributed by atoms with Gasteiger partial charge in [0.2, 0.25) is 5.91 Å². The first-order valence-electron chi connectivity index (χ1n) is 4.30. The van der Waals surface area contributed by atoms with Crippen molar-refractivity contribution >= 4 is 40.1 Å². The molecule has 0 aromatic heterocycles. The number of hydrogen-bond acceptors (Lipinski definition) is 1. The molecule has 0 radical (unpaired) electrons. The van der Waals surface area contributed by atoms with Crippen LogP contribution in [-0.2, 0) is 11.2 Å². The number of rotatable bonds is 4. The van der Waals surface area contributed by atoms with Crippen LogP contribution in [0.4, 0.5) is 0 Å². The normalized spacial score (nSPS) is 9.86. The Kier molecular flexibility index (Phi) is 5.25. The van der Waals surface area contributed by atoms with E-state index in [0.29, 0.717) is 18.0 Å². The van der Waals surface area contributed by atoms with Crippen LogP contribution in [0.15, 0.2) is 24.3 Å². The topological polar surface area (TPSA) is 29.1 Å². The molecule has 0 atom stereocenters. The molecule has 1 aromatic carbocycles. The maximum absolute atomic E-state index is 11.4. The van der Waals surface area contributed by atoms with Crippen molar-refractivity contribution in [1.82, 2.24) is 5.32 Å². The van der Waals surface area contributed by atoms with Gasteiger partial charge in [0, 0.05) is 16.0 Å². The SMILES string of the molecule is O=C(Cc1ccccc1Cl)NCCI. The lowest BCUT2D eigenvalue weighted by atomic mass is 10.1. The first kappa shape index (κ1) is 11.8. The fourth-order valence-electron chi connectivity index (χ4n) is 1.06. The maximum atomic E-state index is 11.4. The highest BCUT2D eigenvalue weighted by Gasteiger charge is 2.04. The number of alkyl halides is 1. The number of benzene rings is 1. The van der Waals surface area contributed by atoms with Crippen molar-refractivity contribution in [3.63, 3.8) is 0 Å². The van der Waals surface area contributed by atoms with Gasteiger partial charge in [0.05, 0.1) is 6.42 Å². The van der Waals surface area contributed by atoms with E-state index in [1.165, 1.54) is 0 Å². The van der Waals surface area contributed by atoms with Gasteiger partial charge < -0.3 is 5.32 Å². The zero-order valence-electron chi connectivity index (χ0n) is 7.59. The Morgan fingerprint density at radius 1 is 1.43 bits per heavy atom. The zero-order chi connectivity index (χ0) is 10.4. The molecule has 4 heteroatoms. The summed E-state index contributed by atoms with van der Waals surface area (Å²) < 4.78 is 0.923. The summed E-state index contributed by atoms with van der Waals surface area (Å²) >= 11 is 8.14. The second-order valence-corrected chi connectivity index (χ2v) is 4.29. The summed E-state index contributed by atoms with van der Waals surface area (Å²) in [6.07, 6.45) is 0.357. The smallest absolute Gasteiger partial charge is 0.224 e. The van der Waals surface area contributed by atoms with E-state index >= 15 is 0 Å². The van der Waals surface area contributed by atoms with E-state index in [1.807, 2.05) is 18.2 Å². The average Bonchev–Trinajstić information content (AvgIpc) is 2.18. The number of carbonyl (C=O) groups is 1. The Morgan fingerprint density at radius 2 is 2.14 bits per heavy atom. The highest BCUT2D eigenvalue weighted by molar-refractivity contribution is 14.1. The predicted octanol–water partition coefficient (Wildman–Crippen LogP) is 2.43. The van der Waals surface area contributed by atoms with Crippen LogP contribution < -0.4 is 5.32 Å². The van der Waals surface area contributed by atoms with Crippen molar-refractivity contribution in [3.8, 4) is 0 Å². The minimum absolute atomic E-state index is 0.0229. The van der Waals surface area contributed by atoms with Crippen molar-refractivity contribution in [2.45, 2.75) is 6.42 Å². The summed E-state index contributed by atoms with van der Waals surface area (Å²) in [6.45, 7) is 0.712. The van der Waals surface area contributed by atoms with Crippen LogP contribution in [0.1, 0.15) is 5.56 Å².